The Kier molecular flexibility index (Phi) is 4.53. The van der Waals surface area contributed by atoms with Crippen molar-refractivity contribution in [1.82, 2.24) is 0 Å². The fourth-order valence-electron chi connectivity index (χ4n) is 2.33. The molecule has 3 nitrogen and oxygen atoms in total. The van der Waals surface area contributed by atoms with Gasteiger partial charge in [-0.3, -0.25) is 4.79 Å². The van der Waals surface area contributed by atoms with E-state index in [0.29, 0.717) is 11.3 Å². The summed E-state index contributed by atoms with van der Waals surface area (Å²) in [6.07, 6.45) is 5.20. The zero-order valence-electron chi connectivity index (χ0n) is 10.3. The van der Waals surface area contributed by atoms with Gasteiger partial charge in [0.1, 0.15) is 11.5 Å². The van der Waals surface area contributed by atoms with Gasteiger partial charge in [-0.15, -0.1) is 0 Å². The van der Waals surface area contributed by atoms with E-state index in [-0.39, 0.29) is 17.3 Å². The summed E-state index contributed by atoms with van der Waals surface area (Å²) in [6, 6.07) is 4.10. The minimum absolute atomic E-state index is 0.0253. The van der Waals surface area contributed by atoms with Gasteiger partial charge in [0, 0.05) is 6.07 Å². The summed E-state index contributed by atoms with van der Waals surface area (Å²) in [7, 11) is 0. The third-order valence-corrected chi connectivity index (χ3v) is 4.52. The lowest BCUT2D eigenvalue weighted by atomic mass is 10.1. The van der Waals surface area contributed by atoms with Crippen LogP contribution in [0.5, 0.6) is 11.5 Å². The largest absolute Gasteiger partial charge is 0.508 e. The predicted molar refractivity (Wildman–Crippen MR) is 73.4 cm³/mol. The zero-order chi connectivity index (χ0) is 13.0. The normalized spacial score (nSPS) is 16.0. The van der Waals surface area contributed by atoms with Crippen LogP contribution in [0.25, 0.3) is 0 Å². The van der Waals surface area contributed by atoms with Crippen molar-refractivity contribution >= 4 is 17.5 Å². The average Bonchev–Trinajstić information content (AvgIpc) is 2.81. The first kappa shape index (κ1) is 13.3. The highest BCUT2D eigenvalue weighted by atomic mass is 32.2. The first-order valence-corrected chi connectivity index (χ1v) is 7.45. The zero-order valence-corrected chi connectivity index (χ0v) is 11.1. The van der Waals surface area contributed by atoms with Crippen molar-refractivity contribution in [2.75, 3.05) is 11.5 Å². The lowest BCUT2D eigenvalue weighted by Crippen LogP contribution is -2.05. The van der Waals surface area contributed by atoms with E-state index in [2.05, 4.69) is 0 Å². The number of Topliss-reactive ketones (excluding diaryl/α,β-unsaturated/α-hetero) is 1. The Morgan fingerprint density at radius 3 is 2.67 bits per heavy atom. The Morgan fingerprint density at radius 1 is 1.28 bits per heavy atom. The van der Waals surface area contributed by atoms with Crippen LogP contribution in [0.4, 0.5) is 0 Å². The summed E-state index contributed by atoms with van der Waals surface area (Å²) in [6.45, 7) is 0. The van der Waals surface area contributed by atoms with Crippen LogP contribution in [0, 0.1) is 5.92 Å². The molecule has 0 heterocycles. The number of carbonyl (C=O) groups excluding carboxylic acids is 1. The molecule has 0 radical (unpaired) electrons. The molecule has 2 N–H and O–H groups in total. The van der Waals surface area contributed by atoms with Gasteiger partial charge >= 0.3 is 0 Å². The molecule has 98 valence electrons. The molecule has 0 atom stereocenters. The highest BCUT2D eigenvalue weighted by Crippen LogP contribution is 2.29. The molecule has 0 aromatic heterocycles. The molecule has 1 aliphatic carbocycles. The van der Waals surface area contributed by atoms with Gasteiger partial charge in [0.25, 0.3) is 0 Å². The number of rotatable bonds is 5. The number of hydrogen-bond acceptors (Lipinski definition) is 4. The number of benzene rings is 1. The molecule has 0 spiro atoms. The fraction of sp³-hybridized carbons (Fsp3) is 0.500. The van der Waals surface area contributed by atoms with Gasteiger partial charge in [-0.25, -0.2) is 0 Å². The lowest BCUT2D eigenvalue weighted by molar-refractivity contribution is 0.102. The molecule has 1 aliphatic rings. The van der Waals surface area contributed by atoms with Gasteiger partial charge in [-0.05, 0) is 36.6 Å². The molecule has 1 fully saturated rings. The topological polar surface area (TPSA) is 57.5 Å². The van der Waals surface area contributed by atoms with Crippen molar-refractivity contribution in [3.05, 3.63) is 23.8 Å². The van der Waals surface area contributed by atoms with E-state index >= 15 is 0 Å². The van der Waals surface area contributed by atoms with Crippen LogP contribution in [-0.4, -0.2) is 27.5 Å². The Labute approximate surface area is 111 Å². The maximum absolute atomic E-state index is 11.9. The van der Waals surface area contributed by atoms with Crippen LogP contribution in [0.2, 0.25) is 0 Å². The van der Waals surface area contributed by atoms with E-state index in [0.717, 1.165) is 11.7 Å². The monoisotopic (exact) mass is 266 g/mol. The molecule has 1 aromatic rings. The quantitative estimate of drug-likeness (QED) is 0.803. The summed E-state index contributed by atoms with van der Waals surface area (Å²) in [5.41, 5.74) is 0.298. The van der Waals surface area contributed by atoms with Crippen LogP contribution < -0.4 is 0 Å². The van der Waals surface area contributed by atoms with Crippen LogP contribution >= 0.6 is 11.8 Å². The van der Waals surface area contributed by atoms with Crippen molar-refractivity contribution in [2.45, 2.75) is 25.7 Å². The third-order valence-electron chi connectivity index (χ3n) is 3.34. The van der Waals surface area contributed by atoms with Crippen LogP contribution in [0.3, 0.4) is 0 Å². The average molecular weight is 266 g/mol. The molecule has 2 rings (SSSR count). The SMILES string of the molecule is O=C(CSCC1CCCC1)c1ccc(O)cc1O. The number of phenols is 2. The molecule has 0 saturated heterocycles. The Morgan fingerprint density at radius 2 is 2.00 bits per heavy atom. The van der Waals surface area contributed by atoms with Gasteiger partial charge < -0.3 is 10.2 Å². The summed E-state index contributed by atoms with van der Waals surface area (Å²) in [4.78, 5) is 11.9. The second kappa shape index (κ2) is 6.14. The van der Waals surface area contributed by atoms with Gasteiger partial charge in [-0.1, -0.05) is 12.8 Å². The number of carbonyl (C=O) groups is 1. The molecule has 18 heavy (non-hydrogen) atoms. The number of phenolic OH excluding ortho intramolecular Hbond substituents is 2. The predicted octanol–water partition coefficient (Wildman–Crippen LogP) is 3.20. The first-order valence-electron chi connectivity index (χ1n) is 6.30. The highest BCUT2D eigenvalue weighted by Gasteiger charge is 2.16. The lowest BCUT2D eigenvalue weighted by Gasteiger charge is -2.08. The Hall–Kier alpha value is -1.16. The highest BCUT2D eigenvalue weighted by molar-refractivity contribution is 7.99. The van der Waals surface area contributed by atoms with E-state index in [1.165, 1.54) is 43.9 Å². The molecular weight excluding hydrogens is 248 g/mol. The number of hydrogen-bond donors (Lipinski definition) is 2. The first-order chi connectivity index (χ1) is 8.66. The van der Waals surface area contributed by atoms with Crippen LogP contribution in [-0.2, 0) is 0 Å². The van der Waals surface area contributed by atoms with Gasteiger partial charge in [0.15, 0.2) is 5.78 Å². The summed E-state index contributed by atoms with van der Waals surface area (Å²) < 4.78 is 0. The summed E-state index contributed by atoms with van der Waals surface area (Å²) >= 11 is 1.64. The molecular formula is C14H18O3S. The van der Waals surface area contributed by atoms with E-state index in [9.17, 15) is 9.90 Å². The minimum Gasteiger partial charge on any atom is -0.508 e. The van der Waals surface area contributed by atoms with E-state index in [1.54, 1.807) is 11.8 Å². The molecule has 0 amide bonds. The summed E-state index contributed by atoms with van der Waals surface area (Å²) in [5, 5.41) is 18.7. The van der Waals surface area contributed by atoms with Crippen molar-refractivity contribution in [3.8, 4) is 11.5 Å². The van der Waals surface area contributed by atoms with E-state index < -0.39 is 0 Å². The standard InChI is InChI=1S/C14H18O3S/c15-11-5-6-12(13(16)7-11)14(17)9-18-8-10-3-1-2-4-10/h5-7,10,15-16H,1-4,8-9H2. The Bertz CT molecular complexity index is 425. The molecule has 1 aromatic carbocycles. The van der Waals surface area contributed by atoms with Gasteiger partial charge in [-0.2, -0.15) is 11.8 Å². The number of thioether (sulfide) groups is 1. The third kappa shape index (κ3) is 3.42. The maximum Gasteiger partial charge on any atom is 0.176 e. The maximum atomic E-state index is 11.9. The van der Waals surface area contributed by atoms with Crippen molar-refractivity contribution < 1.29 is 15.0 Å². The van der Waals surface area contributed by atoms with E-state index in [4.69, 9.17) is 5.11 Å². The molecule has 0 bridgehead atoms. The van der Waals surface area contributed by atoms with Crippen LogP contribution in [0.15, 0.2) is 18.2 Å². The molecule has 1 saturated carbocycles. The molecule has 4 heteroatoms. The van der Waals surface area contributed by atoms with Crippen LogP contribution in [0.1, 0.15) is 36.0 Å². The Balaban J connectivity index is 1.83. The second-order valence-electron chi connectivity index (χ2n) is 4.79. The molecule has 0 unspecified atom stereocenters. The number of aromatic hydroxyl groups is 2. The number of ketones is 1. The van der Waals surface area contributed by atoms with Crippen molar-refractivity contribution in [2.24, 2.45) is 5.92 Å². The summed E-state index contributed by atoms with van der Waals surface area (Å²) in [5.74, 6) is 1.95. The van der Waals surface area contributed by atoms with Gasteiger partial charge in [0.2, 0.25) is 0 Å². The van der Waals surface area contributed by atoms with Crippen molar-refractivity contribution in [3.63, 3.8) is 0 Å². The van der Waals surface area contributed by atoms with Gasteiger partial charge in [0.05, 0.1) is 11.3 Å². The second-order valence-corrected chi connectivity index (χ2v) is 5.82. The van der Waals surface area contributed by atoms with E-state index in [1.807, 2.05) is 0 Å². The molecule has 0 aliphatic heterocycles. The minimum atomic E-state index is -0.138. The van der Waals surface area contributed by atoms with Crippen molar-refractivity contribution in [1.29, 1.82) is 0 Å². The smallest absolute Gasteiger partial charge is 0.176 e. The fourth-order valence-corrected chi connectivity index (χ4v) is 3.45.